The summed E-state index contributed by atoms with van der Waals surface area (Å²) in [4.78, 5) is 13.9. The fraction of sp³-hybridized carbons (Fsp3) is 0.818. The van der Waals surface area contributed by atoms with Gasteiger partial charge in [-0.25, -0.2) is 0 Å². The molecule has 1 rings (SSSR count). The van der Waals surface area contributed by atoms with E-state index in [1.54, 1.807) is 0 Å². The standard InChI is InChI=1S/C11H21N3OS/c1-11(2,10(12)16)4-3-6-14-7-5-13-9(15)8-14/h3-8H2,1-2H3,(H2,12,16)(H,13,15). The van der Waals surface area contributed by atoms with Gasteiger partial charge in [0.1, 0.15) is 0 Å². The Morgan fingerprint density at radius 1 is 1.62 bits per heavy atom. The van der Waals surface area contributed by atoms with E-state index in [2.05, 4.69) is 24.1 Å². The van der Waals surface area contributed by atoms with Crippen molar-refractivity contribution in [2.45, 2.75) is 26.7 Å². The smallest absolute Gasteiger partial charge is 0.234 e. The Morgan fingerprint density at radius 2 is 2.31 bits per heavy atom. The average Bonchev–Trinajstić information content (AvgIpc) is 2.17. The molecule has 1 fully saturated rings. The van der Waals surface area contributed by atoms with E-state index in [1.165, 1.54) is 0 Å². The van der Waals surface area contributed by atoms with Crippen LogP contribution < -0.4 is 11.1 Å². The fourth-order valence-electron chi connectivity index (χ4n) is 1.75. The van der Waals surface area contributed by atoms with Crippen molar-refractivity contribution in [1.29, 1.82) is 0 Å². The topological polar surface area (TPSA) is 58.4 Å². The van der Waals surface area contributed by atoms with E-state index in [1.807, 2.05) is 0 Å². The summed E-state index contributed by atoms with van der Waals surface area (Å²) in [6.45, 7) is 7.31. The molecule has 1 amide bonds. The number of carbonyl (C=O) groups is 1. The zero-order chi connectivity index (χ0) is 12.2. The van der Waals surface area contributed by atoms with Crippen molar-refractivity contribution >= 4 is 23.1 Å². The van der Waals surface area contributed by atoms with E-state index in [4.69, 9.17) is 18.0 Å². The minimum absolute atomic E-state index is 0.0760. The number of carbonyl (C=O) groups excluding carboxylic acids is 1. The summed E-state index contributed by atoms with van der Waals surface area (Å²) in [5, 5.41) is 2.82. The minimum atomic E-state index is -0.0760. The first-order chi connectivity index (χ1) is 7.42. The Balaban J connectivity index is 2.25. The molecule has 0 spiro atoms. The Morgan fingerprint density at radius 3 is 2.88 bits per heavy atom. The zero-order valence-electron chi connectivity index (χ0n) is 10.1. The number of nitrogens with one attached hydrogen (secondary N) is 1. The first-order valence-corrected chi connectivity index (χ1v) is 6.11. The lowest BCUT2D eigenvalue weighted by Crippen LogP contribution is -2.47. The second-order valence-corrected chi connectivity index (χ2v) is 5.42. The fourth-order valence-corrected chi connectivity index (χ4v) is 1.85. The predicted molar refractivity (Wildman–Crippen MR) is 69.3 cm³/mol. The summed E-state index contributed by atoms with van der Waals surface area (Å²) in [5.74, 6) is 0.125. The summed E-state index contributed by atoms with van der Waals surface area (Å²) in [7, 11) is 0. The molecule has 0 aromatic carbocycles. The average molecular weight is 243 g/mol. The Hall–Kier alpha value is -0.680. The molecule has 0 bridgehead atoms. The van der Waals surface area contributed by atoms with Gasteiger partial charge in [-0.3, -0.25) is 9.69 Å². The number of nitrogens with zero attached hydrogens (tertiary/aromatic N) is 1. The lowest BCUT2D eigenvalue weighted by Gasteiger charge is -2.28. The number of rotatable bonds is 5. The lowest BCUT2D eigenvalue weighted by molar-refractivity contribution is -0.124. The third kappa shape index (κ3) is 4.06. The minimum Gasteiger partial charge on any atom is -0.393 e. The zero-order valence-corrected chi connectivity index (χ0v) is 10.9. The molecule has 0 unspecified atom stereocenters. The number of thiocarbonyl (C=S) groups is 1. The molecule has 4 nitrogen and oxygen atoms in total. The van der Waals surface area contributed by atoms with Crippen LogP contribution in [-0.4, -0.2) is 42.0 Å². The van der Waals surface area contributed by atoms with Crippen molar-refractivity contribution in [3.63, 3.8) is 0 Å². The number of amides is 1. The van der Waals surface area contributed by atoms with Gasteiger partial charge in [-0.15, -0.1) is 0 Å². The van der Waals surface area contributed by atoms with Crippen LogP contribution in [0.15, 0.2) is 0 Å². The number of nitrogens with two attached hydrogens (primary N) is 1. The van der Waals surface area contributed by atoms with Crippen LogP contribution in [0.25, 0.3) is 0 Å². The highest BCUT2D eigenvalue weighted by atomic mass is 32.1. The molecule has 0 radical (unpaired) electrons. The lowest BCUT2D eigenvalue weighted by atomic mass is 9.88. The van der Waals surface area contributed by atoms with E-state index in [0.717, 1.165) is 32.5 Å². The monoisotopic (exact) mass is 243 g/mol. The van der Waals surface area contributed by atoms with Gasteiger partial charge < -0.3 is 11.1 Å². The maximum Gasteiger partial charge on any atom is 0.234 e. The van der Waals surface area contributed by atoms with E-state index in [9.17, 15) is 4.79 Å². The van der Waals surface area contributed by atoms with Crippen LogP contribution in [0.1, 0.15) is 26.7 Å². The van der Waals surface area contributed by atoms with Gasteiger partial charge in [0, 0.05) is 18.5 Å². The number of piperazine rings is 1. The van der Waals surface area contributed by atoms with Crippen molar-refractivity contribution in [3.05, 3.63) is 0 Å². The third-order valence-electron chi connectivity index (χ3n) is 3.06. The highest BCUT2D eigenvalue weighted by Crippen LogP contribution is 2.22. The summed E-state index contributed by atoms with van der Waals surface area (Å²) < 4.78 is 0. The van der Waals surface area contributed by atoms with Gasteiger partial charge in [-0.05, 0) is 19.4 Å². The van der Waals surface area contributed by atoms with E-state index in [-0.39, 0.29) is 11.3 Å². The van der Waals surface area contributed by atoms with Gasteiger partial charge in [-0.2, -0.15) is 0 Å². The summed E-state index contributed by atoms with van der Waals surface area (Å²) in [5.41, 5.74) is 5.59. The molecule has 92 valence electrons. The van der Waals surface area contributed by atoms with Gasteiger partial charge in [0.25, 0.3) is 0 Å². The highest BCUT2D eigenvalue weighted by Gasteiger charge is 2.22. The second kappa shape index (κ2) is 5.59. The van der Waals surface area contributed by atoms with E-state index in [0.29, 0.717) is 11.5 Å². The van der Waals surface area contributed by atoms with Crippen LogP contribution in [0.5, 0.6) is 0 Å². The molecule has 0 aromatic heterocycles. The van der Waals surface area contributed by atoms with E-state index < -0.39 is 0 Å². The Labute approximate surface area is 103 Å². The molecule has 3 N–H and O–H groups in total. The largest absolute Gasteiger partial charge is 0.393 e. The molecular formula is C11H21N3OS. The number of hydrogen-bond donors (Lipinski definition) is 2. The van der Waals surface area contributed by atoms with Crippen molar-refractivity contribution in [2.24, 2.45) is 11.1 Å². The van der Waals surface area contributed by atoms with Crippen molar-refractivity contribution < 1.29 is 4.79 Å². The molecule has 1 aliphatic heterocycles. The molecule has 0 saturated carbocycles. The molecule has 1 aliphatic rings. The van der Waals surface area contributed by atoms with Gasteiger partial charge in [0.2, 0.25) is 5.91 Å². The molecule has 16 heavy (non-hydrogen) atoms. The third-order valence-corrected chi connectivity index (χ3v) is 3.61. The van der Waals surface area contributed by atoms with Gasteiger partial charge in [0.15, 0.2) is 0 Å². The van der Waals surface area contributed by atoms with Crippen LogP contribution in [0.2, 0.25) is 0 Å². The van der Waals surface area contributed by atoms with Gasteiger partial charge in [-0.1, -0.05) is 26.1 Å². The molecule has 1 saturated heterocycles. The SMILES string of the molecule is CC(C)(CCCN1CCNC(=O)C1)C(N)=S. The highest BCUT2D eigenvalue weighted by molar-refractivity contribution is 7.80. The Kier molecular flexibility index (Phi) is 4.68. The summed E-state index contributed by atoms with van der Waals surface area (Å²) >= 11 is 5.02. The summed E-state index contributed by atoms with van der Waals surface area (Å²) in [6.07, 6.45) is 2.00. The van der Waals surface area contributed by atoms with Gasteiger partial charge in [0.05, 0.1) is 11.5 Å². The van der Waals surface area contributed by atoms with Crippen molar-refractivity contribution in [1.82, 2.24) is 10.2 Å². The first kappa shape index (κ1) is 13.4. The first-order valence-electron chi connectivity index (χ1n) is 5.71. The van der Waals surface area contributed by atoms with Crippen LogP contribution >= 0.6 is 12.2 Å². The van der Waals surface area contributed by atoms with Crippen LogP contribution in [0.4, 0.5) is 0 Å². The maximum atomic E-state index is 11.1. The quantitative estimate of drug-likeness (QED) is 0.691. The molecule has 0 aromatic rings. The predicted octanol–water partition coefficient (Wildman–Crippen LogP) is 0.511. The maximum absolute atomic E-state index is 11.1. The molecular weight excluding hydrogens is 222 g/mol. The molecule has 0 atom stereocenters. The number of hydrogen-bond acceptors (Lipinski definition) is 3. The van der Waals surface area contributed by atoms with Crippen molar-refractivity contribution in [3.8, 4) is 0 Å². The van der Waals surface area contributed by atoms with Gasteiger partial charge >= 0.3 is 0 Å². The molecule has 0 aliphatic carbocycles. The Bertz CT molecular complexity index is 278. The normalized spacial score (nSPS) is 18.2. The molecule has 5 heteroatoms. The second-order valence-electron chi connectivity index (χ2n) is 4.98. The van der Waals surface area contributed by atoms with Crippen LogP contribution in [0.3, 0.4) is 0 Å². The van der Waals surface area contributed by atoms with E-state index >= 15 is 0 Å². The summed E-state index contributed by atoms with van der Waals surface area (Å²) in [6, 6.07) is 0. The van der Waals surface area contributed by atoms with Crippen LogP contribution in [-0.2, 0) is 4.79 Å². The van der Waals surface area contributed by atoms with Crippen LogP contribution in [0, 0.1) is 5.41 Å². The van der Waals surface area contributed by atoms with Crippen molar-refractivity contribution in [2.75, 3.05) is 26.2 Å². The molecule has 1 heterocycles.